The number of amides is 1. The van der Waals surface area contributed by atoms with Gasteiger partial charge in [-0.2, -0.15) is 0 Å². The Morgan fingerprint density at radius 1 is 1.32 bits per heavy atom. The van der Waals surface area contributed by atoms with E-state index in [1.807, 2.05) is 42.5 Å². The van der Waals surface area contributed by atoms with E-state index in [0.717, 1.165) is 18.4 Å². The van der Waals surface area contributed by atoms with Crippen LogP contribution in [0.15, 0.2) is 42.5 Å². The van der Waals surface area contributed by atoms with Crippen molar-refractivity contribution in [1.29, 1.82) is 0 Å². The summed E-state index contributed by atoms with van der Waals surface area (Å²) in [5, 5.41) is 1.48. The minimum Gasteiger partial charge on any atom is -0.367 e. The predicted molar refractivity (Wildman–Crippen MR) is 70.1 cm³/mol. The van der Waals surface area contributed by atoms with Gasteiger partial charge >= 0.3 is 0 Å². The predicted octanol–water partition coefficient (Wildman–Crippen LogP) is 2.24. The lowest BCUT2D eigenvalue weighted by Crippen LogP contribution is -2.50. The van der Waals surface area contributed by atoms with Crippen molar-refractivity contribution in [2.75, 3.05) is 7.11 Å². The molecule has 3 atom stereocenters. The van der Waals surface area contributed by atoms with Crippen LogP contribution in [0, 0.1) is 0 Å². The molecule has 3 aliphatic rings. The highest BCUT2D eigenvalue weighted by Crippen LogP contribution is 2.30. The van der Waals surface area contributed by atoms with Crippen LogP contribution in [0.5, 0.6) is 0 Å². The summed E-state index contributed by atoms with van der Waals surface area (Å²) in [5.41, 5.74) is 0.851. The normalized spacial score (nSPS) is 26.5. The van der Waals surface area contributed by atoms with Crippen molar-refractivity contribution in [2.24, 2.45) is 0 Å². The van der Waals surface area contributed by atoms with Gasteiger partial charge in [-0.05, 0) is 18.4 Å². The fourth-order valence-electron chi connectivity index (χ4n) is 2.63. The lowest BCUT2D eigenvalue weighted by molar-refractivity contribution is -0.237. The fourth-order valence-corrected chi connectivity index (χ4v) is 2.63. The molecule has 0 saturated carbocycles. The number of hydrogen-bond donors (Lipinski definition) is 0. The van der Waals surface area contributed by atoms with Crippen molar-refractivity contribution >= 4 is 5.91 Å². The van der Waals surface area contributed by atoms with E-state index in [9.17, 15) is 4.79 Å². The van der Waals surface area contributed by atoms with Gasteiger partial charge in [0.1, 0.15) is 6.10 Å². The number of carbonyl (C=O) groups is 1. The molecule has 19 heavy (non-hydrogen) atoms. The number of nitrogens with zero attached hydrogens (tertiary/aromatic N) is 1. The van der Waals surface area contributed by atoms with Crippen molar-refractivity contribution < 1.29 is 14.4 Å². The van der Waals surface area contributed by atoms with Gasteiger partial charge in [0.05, 0.1) is 6.04 Å². The van der Waals surface area contributed by atoms with Crippen molar-refractivity contribution in [1.82, 2.24) is 5.06 Å². The monoisotopic (exact) mass is 259 g/mol. The summed E-state index contributed by atoms with van der Waals surface area (Å²) in [6, 6.07) is 9.55. The summed E-state index contributed by atoms with van der Waals surface area (Å²) in [7, 11) is 1.55. The topological polar surface area (TPSA) is 38.8 Å². The average molecular weight is 259 g/mol. The molecule has 1 aliphatic carbocycles. The molecule has 1 fully saturated rings. The number of benzene rings is 1. The number of fused-ring (bicyclic) bond motifs is 2. The summed E-state index contributed by atoms with van der Waals surface area (Å²) in [6.07, 6.45) is 5.44. The van der Waals surface area contributed by atoms with Crippen LogP contribution in [0.25, 0.3) is 0 Å². The summed E-state index contributed by atoms with van der Waals surface area (Å²) in [5.74, 6) is -0.132. The van der Waals surface area contributed by atoms with Gasteiger partial charge in [0.15, 0.2) is 6.10 Å². The first-order valence-electron chi connectivity index (χ1n) is 6.55. The first kappa shape index (κ1) is 12.4. The number of hydroxylamine groups is 2. The smallest absolute Gasteiger partial charge is 0.280 e. The lowest BCUT2D eigenvalue weighted by atomic mass is 9.97. The first-order valence-corrected chi connectivity index (χ1v) is 6.55. The quantitative estimate of drug-likeness (QED) is 0.781. The third kappa shape index (κ3) is 2.29. The average Bonchev–Trinajstić information content (AvgIpc) is 2.50. The van der Waals surface area contributed by atoms with Crippen LogP contribution in [0.1, 0.15) is 24.5 Å². The zero-order valence-corrected chi connectivity index (χ0v) is 10.9. The molecule has 2 aliphatic heterocycles. The molecule has 1 amide bonds. The maximum absolute atomic E-state index is 12.6. The van der Waals surface area contributed by atoms with Crippen molar-refractivity contribution in [2.45, 2.75) is 31.1 Å². The Morgan fingerprint density at radius 3 is 2.63 bits per heavy atom. The summed E-state index contributed by atoms with van der Waals surface area (Å²) >= 11 is 0. The Hall–Kier alpha value is -1.65. The number of methoxy groups -OCH3 is 1. The van der Waals surface area contributed by atoms with Gasteiger partial charge in [-0.3, -0.25) is 9.63 Å². The van der Waals surface area contributed by atoms with Crippen LogP contribution in [0.3, 0.4) is 0 Å². The van der Waals surface area contributed by atoms with E-state index in [-0.39, 0.29) is 18.1 Å². The third-order valence-corrected chi connectivity index (χ3v) is 3.62. The van der Waals surface area contributed by atoms with E-state index >= 15 is 0 Å². The molecule has 1 aromatic rings. The van der Waals surface area contributed by atoms with Crippen LogP contribution < -0.4 is 0 Å². The second-order valence-electron chi connectivity index (χ2n) is 4.86. The van der Waals surface area contributed by atoms with Crippen molar-refractivity contribution in [3.63, 3.8) is 0 Å². The Labute approximate surface area is 112 Å². The molecule has 4 rings (SSSR count). The zero-order valence-electron chi connectivity index (χ0n) is 10.9. The number of ether oxygens (including phenoxy) is 1. The van der Waals surface area contributed by atoms with Gasteiger partial charge in [-0.1, -0.05) is 42.5 Å². The molecular weight excluding hydrogens is 242 g/mol. The van der Waals surface area contributed by atoms with E-state index in [1.54, 1.807) is 7.11 Å². The molecule has 0 N–H and O–H groups in total. The molecule has 3 unspecified atom stereocenters. The molecular formula is C15H17NO3. The van der Waals surface area contributed by atoms with E-state index in [0.29, 0.717) is 0 Å². The Morgan fingerprint density at radius 2 is 2.11 bits per heavy atom. The van der Waals surface area contributed by atoms with Gasteiger partial charge in [-0.15, -0.1) is 0 Å². The molecule has 0 aromatic heterocycles. The van der Waals surface area contributed by atoms with Crippen LogP contribution in [0.2, 0.25) is 0 Å². The highest BCUT2D eigenvalue weighted by Gasteiger charge is 2.37. The standard InChI is InChI=1S/C15H17NO3/c1-18-14(11-5-3-2-4-6-11)15(17)16-12-7-9-13(19-16)10-8-12/h2-7,9,12-14H,8,10H2,1H3. The second kappa shape index (κ2) is 5.15. The maximum Gasteiger partial charge on any atom is 0.280 e. The van der Waals surface area contributed by atoms with Gasteiger partial charge in [-0.25, -0.2) is 5.06 Å². The van der Waals surface area contributed by atoms with Gasteiger partial charge < -0.3 is 4.74 Å². The fraction of sp³-hybridized carbons (Fsp3) is 0.400. The van der Waals surface area contributed by atoms with E-state index in [2.05, 4.69) is 0 Å². The van der Waals surface area contributed by atoms with Crippen LogP contribution >= 0.6 is 0 Å². The Bertz CT molecular complexity index is 485. The van der Waals surface area contributed by atoms with Gasteiger partial charge in [0, 0.05) is 7.11 Å². The van der Waals surface area contributed by atoms with Gasteiger partial charge in [0.2, 0.25) is 0 Å². The molecule has 2 heterocycles. The Balaban J connectivity index is 1.81. The number of rotatable bonds is 3. The molecule has 1 saturated heterocycles. The van der Waals surface area contributed by atoms with Gasteiger partial charge in [0.25, 0.3) is 5.91 Å². The molecule has 4 heteroatoms. The molecule has 0 spiro atoms. The van der Waals surface area contributed by atoms with Crippen LogP contribution in [-0.4, -0.2) is 30.2 Å². The minimum atomic E-state index is -0.603. The second-order valence-corrected chi connectivity index (χ2v) is 4.86. The maximum atomic E-state index is 12.6. The summed E-state index contributed by atoms with van der Waals surface area (Å²) in [4.78, 5) is 18.2. The minimum absolute atomic E-state index is 0.0298. The molecule has 1 aromatic carbocycles. The molecule has 100 valence electrons. The zero-order chi connectivity index (χ0) is 13.2. The molecule has 2 bridgehead atoms. The van der Waals surface area contributed by atoms with Crippen LogP contribution in [-0.2, 0) is 14.4 Å². The van der Waals surface area contributed by atoms with E-state index in [1.165, 1.54) is 5.06 Å². The molecule has 0 radical (unpaired) electrons. The first-order chi connectivity index (χ1) is 9.29. The van der Waals surface area contributed by atoms with E-state index in [4.69, 9.17) is 9.57 Å². The summed E-state index contributed by atoms with van der Waals surface area (Å²) in [6.45, 7) is 0. The molecule has 4 nitrogen and oxygen atoms in total. The largest absolute Gasteiger partial charge is 0.367 e. The van der Waals surface area contributed by atoms with Crippen molar-refractivity contribution in [3.8, 4) is 0 Å². The third-order valence-electron chi connectivity index (χ3n) is 3.62. The van der Waals surface area contributed by atoms with Crippen molar-refractivity contribution in [3.05, 3.63) is 48.0 Å². The summed E-state index contributed by atoms with van der Waals surface area (Å²) < 4.78 is 5.36. The number of hydrogen-bond acceptors (Lipinski definition) is 3. The highest BCUT2D eigenvalue weighted by atomic mass is 16.7. The van der Waals surface area contributed by atoms with Crippen LogP contribution in [0.4, 0.5) is 0 Å². The number of carbonyl (C=O) groups excluding carboxylic acids is 1. The lowest BCUT2D eigenvalue weighted by Gasteiger charge is -2.41. The highest BCUT2D eigenvalue weighted by molar-refractivity contribution is 5.82. The van der Waals surface area contributed by atoms with E-state index < -0.39 is 6.10 Å². The SMILES string of the molecule is COC(C(=O)N1OC2C=CC1CC2)c1ccccc1. The Kier molecular flexibility index (Phi) is 3.36.